The van der Waals surface area contributed by atoms with Crippen LogP contribution in [-0.4, -0.2) is 32.9 Å². The van der Waals surface area contributed by atoms with Crippen LogP contribution in [0.3, 0.4) is 0 Å². The maximum Gasteiger partial charge on any atom is 0.501 e. The van der Waals surface area contributed by atoms with Crippen molar-refractivity contribution in [3.8, 4) is 0 Å². The molecule has 1 amide bonds. The summed E-state index contributed by atoms with van der Waals surface area (Å²) in [5.74, 6) is -0.123. The summed E-state index contributed by atoms with van der Waals surface area (Å²) in [5, 5.41) is 2.77. The standard InChI is InChI=1S/C18H17F3N2O3S/c19-18(20,21)27(25,26)15-8-6-14(7-9-15)23-11-10-22-17(24)12-16(23)13-4-2-1-3-5-13/h1-9,16H,10-12H2,(H,22,24)/t16-/m0/s1. The van der Waals surface area contributed by atoms with Gasteiger partial charge in [-0.15, -0.1) is 0 Å². The summed E-state index contributed by atoms with van der Waals surface area (Å²) in [4.78, 5) is 13.1. The molecule has 0 spiro atoms. The fourth-order valence-corrected chi connectivity index (χ4v) is 3.82. The fourth-order valence-electron chi connectivity index (χ4n) is 3.06. The number of hydrogen-bond acceptors (Lipinski definition) is 4. The lowest BCUT2D eigenvalue weighted by Crippen LogP contribution is -2.31. The highest BCUT2D eigenvalue weighted by atomic mass is 32.2. The number of nitrogens with one attached hydrogen (secondary N) is 1. The van der Waals surface area contributed by atoms with Gasteiger partial charge in [0.05, 0.1) is 17.4 Å². The van der Waals surface area contributed by atoms with Gasteiger partial charge in [0.2, 0.25) is 5.91 Å². The van der Waals surface area contributed by atoms with Crippen LogP contribution in [0.5, 0.6) is 0 Å². The molecule has 0 saturated carbocycles. The molecule has 2 aromatic rings. The number of sulfone groups is 1. The summed E-state index contributed by atoms with van der Waals surface area (Å²) in [7, 11) is -5.39. The first-order valence-corrected chi connectivity index (χ1v) is 9.68. The fraction of sp³-hybridized carbons (Fsp3) is 0.278. The molecular formula is C18H17F3N2O3S. The van der Waals surface area contributed by atoms with Gasteiger partial charge in [0, 0.05) is 18.8 Å². The smallest absolute Gasteiger partial charge is 0.362 e. The lowest BCUT2D eigenvalue weighted by atomic mass is 10.0. The summed E-state index contributed by atoms with van der Waals surface area (Å²) >= 11 is 0. The Balaban J connectivity index is 1.96. The average Bonchev–Trinajstić information content (AvgIpc) is 2.83. The predicted molar refractivity (Wildman–Crippen MR) is 93.8 cm³/mol. The largest absolute Gasteiger partial charge is 0.501 e. The molecular weight excluding hydrogens is 381 g/mol. The molecule has 0 aliphatic carbocycles. The number of hydrogen-bond donors (Lipinski definition) is 1. The Morgan fingerprint density at radius 3 is 2.22 bits per heavy atom. The highest BCUT2D eigenvalue weighted by Gasteiger charge is 2.46. The molecule has 9 heteroatoms. The number of rotatable bonds is 3. The second-order valence-corrected chi connectivity index (χ2v) is 8.06. The van der Waals surface area contributed by atoms with E-state index in [4.69, 9.17) is 0 Å². The lowest BCUT2D eigenvalue weighted by Gasteiger charge is -2.31. The summed E-state index contributed by atoms with van der Waals surface area (Å²) in [6.45, 7) is 0.821. The van der Waals surface area contributed by atoms with E-state index in [0.29, 0.717) is 18.8 Å². The van der Waals surface area contributed by atoms with E-state index in [1.54, 1.807) is 0 Å². The monoisotopic (exact) mass is 398 g/mol. The quantitative estimate of drug-likeness (QED) is 0.863. The SMILES string of the molecule is O=C1C[C@@H](c2ccccc2)N(c2ccc(S(=O)(=O)C(F)(F)F)cc2)CCN1. The van der Waals surface area contributed by atoms with Crippen LogP contribution < -0.4 is 10.2 Å². The predicted octanol–water partition coefficient (Wildman–Crippen LogP) is 3.05. The van der Waals surface area contributed by atoms with Crippen LogP contribution in [0.4, 0.5) is 18.9 Å². The van der Waals surface area contributed by atoms with Crippen LogP contribution in [-0.2, 0) is 14.6 Å². The van der Waals surface area contributed by atoms with Gasteiger partial charge < -0.3 is 10.2 Å². The van der Waals surface area contributed by atoms with Crippen molar-refractivity contribution in [2.75, 3.05) is 18.0 Å². The van der Waals surface area contributed by atoms with Crippen LogP contribution in [0.25, 0.3) is 0 Å². The molecule has 1 aliphatic rings. The number of carbonyl (C=O) groups excluding carboxylic acids is 1. The molecule has 27 heavy (non-hydrogen) atoms. The van der Waals surface area contributed by atoms with Crippen LogP contribution in [0.2, 0.25) is 0 Å². The summed E-state index contributed by atoms with van der Waals surface area (Å²) < 4.78 is 61.2. The van der Waals surface area contributed by atoms with Crippen molar-refractivity contribution in [3.63, 3.8) is 0 Å². The van der Waals surface area contributed by atoms with Gasteiger partial charge in [0.25, 0.3) is 9.84 Å². The molecule has 0 unspecified atom stereocenters. The Morgan fingerprint density at radius 1 is 1.00 bits per heavy atom. The van der Waals surface area contributed by atoms with Gasteiger partial charge in [0.15, 0.2) is 0 Å². The van der Waals surface area contributed by atoms with Crippen LogP contribution in [0, 0.1) is 0 Å². The Morgan fingerprint density at radius 2 is 1.63 bits per heavy atom. The zero-order valence-corrected chi connectivity index (χ0v) is 14.9. The van der Waals surface area contributed by atoms with Crippen molar-refractivity contribution in [3.05, 3.63) is 60.2 Å². The minimum Gasteiger partial charge on any atom is -0.362 e. The number of halogens is 3. The second-order valence-electron chi connectivity index (χ2n) is 6.12. The molecule has 1 fully saturated rings. The molecule has 1 heterocycles. The minimum atomic E-state index is -5.39. The number of benzene rings is 2. The van der Waals surface area contributed by atoms with Gasteiger partial charge in [-0.3, -0.25) is 4.79 Å². The number of amides is 1. The van der Waals surface area contributed by atoms with Gasteiger partial charge in [-0.25, -0.2) is 8.42 Å². The highest BCUT2D eigenvalue weighted by molar-refractivity contribution is 7.92. The van der Waals surface area contributed by atoms with E-state index in [1.807, 2.05) is 35.2 Å². The van der Waals surface area contributed by atoms with Gasteiger partial charge in [-0.2, -0.15) is 13.2 Å². The Hall–Kier alpha value is -2.55. The van der Waals surface area contributed by atoms with E-state index in [2.05, 4.69) is 5.32 Å². The van der Waals surface area contributed by atoms with Gasteiger partial charge in [-0.1, -0.05) is 30.3 Å². The zero-order valence-electron chi connectivity index (χ0n) is 14.1. The van der Waals surface area contributed by atoms with Crippen molar-refractivity contribution in [2.45, 2.75) is 22.9 Å². The Kier molecular flexibility index (Phi) is 5.14. The van der Waals surface area contributed by atoms with Gasteiger partial charge in [0.1, 0.15) is 0 Å². The molecule has 1 aliphatic heterocycles. The van der Waals surface area contributed by atoms with Crippen molar-refractivity contribution < 1.29 is 26.4 Å². The summed E-state index contributed by atoms with van der Waals surface area (Å²) in [6, 6.07) is 13.5. The van der Waals surface area contributed by atoms with E-state index >= 15 is 0 Å². The zero-order chi connectivity index (χ0) is 19.7. The van der Waals surface area contributed by atoms with Crippen molar-refractivity contribution >= 4 is 21.4 Å². The maximum atomic E-state index is 12.7. The minimum absolute atomic E-state index is 0.123. The van der Waals surface area contributed by atoms with Crippen molar-refractivity contribution in [2.24, 2.45) is 0 Å². The van der Waals surface area contributed by atoms with Gasteiger partial charge in [-0.05, 0) is 29.8 Å². The van der Waals surface area contributed by atoms with E-state index in [0.717, 1.165) is 17.7 Å². The molecule has 144 valence electrons. The number of carbonyl (C=O) groups is 1. The summed E-state index contributed by atoms with van der Waals surface area (Å²) in [6.07, 6.45) is 0.187. The number of nitrogens with zero attached hydrogens (tertiary/aromatic N) is 1. The highest BCUT2D eigenvalue weighted by Crippen LogP contribution is 2.34. The van der Waals surface area contributed by atoms with Crippen LogP contribution in [0.15, 0.2) is 59.5 Å². The normalized spacial score (nSPS) is 18.7. The molecule has 3 rings (SSSR count). The first-order chi connectivity index (χ1) is 12.7. The molecule has 1 N–H and O–H groups in total. The van der Waals surface area contributed by atoms with E-state index in [1.165, 1.54) is 12.1 Å². The average molecular weight is 398 g/mol. The van der Waals surface area contributed by atoms with Crippen molar-refractivity contribution in [1.29, 1.82) is 0 Å². The number of alkyl halides is 3. The number of anilines is 1. The van der Waals surface area contributed by atoms with E-state index in [-0.39, 0.29) is 18.4 Å². The maximum absolute atomic E-state index is 12.7. The Labute approximate surface area is 154 Å². The topological polar surface area (TPSA) is 66.5 Å². The third-order valence-electron chi connectivity index (χ3n) is 4.40. The van der Waals surface area contributed by atoms with Crippen LogP contribution >= 0.6 is 0 Å². The molecule has 0 radical (unpaired) electrons. The third-order valence-corrected chi connectivity index (χ3v) is 5.90. The Bertz CT molecular complexity index is 913. The first kappa shape index (κ1) is 19.2. The molecule has 5 nitrogen and oxygen atoms in total. The van der Waals surface area contributed by atoms with Gasteiger partial charge >= 0.3 is 5.51 Å². The lowest BCUT2D eigenvalue weighted by molar-refractivity contribution is -0.121. The van der Waals surface area contributed by atoms with E-state index in [9.17, 15) is 26.4 Å². The molecule has 1 atom stereocenters. The molecule has 1 saturated heterocycles. The van der Waals surface area contributed by atoms with E-state index < -0.39 is 20.2 Å². The first-order valence-electron chi connectivity index (χ1n) is 8.20. The molecule has 2 aromatic carbocycles. The molecule has 0 aromatic heterocycles. The third kappa shape index (κ3) is 3.92. The summed E-state index contributed by atoms with van der Waals surface area (Å²) in [5.41, 5.74) is -3.91. The second kappa shape index (κ2) is 7.22. The van der Waals surface area contributed by atoms with Crippen molar-refractivity contribution in [1.82, 2.24) is 5.32 Å². The van der Waals surface area contributed by atoms with Crippen LogP contribution in [0.1, 0.15) is 18.0 Å². The molecule has 0 bridgehead atoms.